The summed E-state index contributed by atoms with van der Waals surface area (Å²) in [5.74, 6) is 0. The molecule has 38 valence electrons. The Morgan fingerprint density at radius 2 is 2.29 bits per heavy atom. The van der Waals surface area contributed by atoms with Crippen molar-refractivity contribution in [3.63, 3.8) is 0 Å². The summed E-state index contributed by atoms with van der Waals surface area (Å²) >= 11 is 0. The topological polar surface area (TPSA) is 3.24 Å². The molecular weight excluding hydrogens is 86.1 g/mol. The molecule has 1 heteroatoms. The smallest absolute Gasteiger partial charge is 0.0353 e. The van der Waals surface area contributed by atoms with E-state index in [0.29, 0.717) is 0 Å². The van der Waals surface area contributed by atoms with Gasteiger partial charge in [-0.2, -0.15) is 0 Å². The zero-order valence-corrected chi connectivity index (χ0v) is 4.46. The third-order valence-electron chi connectivity index (χ3n) is 0.981. The van der Waals surface area contributed by atoms with Crippen LogP contribution in [0, 0.1) is 0 Å². The maximum absolute atomic E-state index is 2.12. The van der Waals surface area contributed by atoms with Gasteiger partial charge in [0.25, 0.3) is 0 Å². The Balaban J connectivity index is 2.49. The fourth-order valence-corrected chi connectivity index (χ4v) is 0.563. The Labute approximate surface area is 43.9 Å². The first-order valence-electron chi connectivity index (χ1n) is 2.43. The highest BCUT2D eigenvalue weighted by Gasteiger charge is 1.86. The molecule has 1 aliphatic rings. The van der Waals surface area contributed by atoms with Gasteiger partial charge in [-0.3, -0.25) is 0 Å². The average Bonchev–Trinajstić information content (AvgIpc) is 1.69. The van der Waals surface area contributed by atoms with E-state index in [2.05, 4.69) is 30.3 Å². The maximum Gasteiger partial charge on any atom is 0.0353 e. The molecule has 0 saturated carbocycles. The minimum absolute atomic E-state index is 1.05. The van der Waals surface area contributed by atoms with Gasteiger partial charge in [0.15, 0.2) is 0 Å². The van der Waals surface area contributed by atoms with Crippen molar-refractivity contribution in [2.24, 2.45) is 0 Å². The molecule has 1 rings (SSSR count). The molecule has 1 aliphatic heterocycles. The number of hydrogen-bond donors (Lipinski definition) is 0. The molecule has 0 bridgehead atoms. The summed E-state index contributed by atoms with van der Waals surface area (Å²) in [5.41, 5.74) is 0. The van der Waals surface area contributed by atoms with Gasteiger partial charge in [0.05, 0.1) is 0 Å². The van der Waals surface area contributed by atoms with E-state index in [-0.39, 0.29) is 0 Å². The molecule has 0 atom stereocenters. The van der Waals surface area contributed by atoms with Gasteiger partial charge in [-0.15, -0.1) is 0 Å². The first-order chi connectivity index (χ1) is 3.39. The molecule has 1 heterocycles. The Morgan fingerprint density at radius 3 is 2.57 bits per heavy atom. The van der Waals surface area contributed by atoms with Crippen LogP contribution in [0.2, 0.25) is 0 Å². The largest absolute Gasteiger partial charge is 0.377 e. The molecule has 0 spiro atoms. The van der Waals surface area contributed by atoms with E-state index >= 15 is 0 Å². The number of nitrogens with zero attached hydrogens (tertiary/aromatic N) is 1. The summed E-state index contributed by atoms with van der Waals surface area (Å²) in [6.07, 6.45) is 8.27. The lowest BCUT2D eigenvalue weighted by atomic mass is 10.4. The molecule has 0 aromatic heterocycles. The van der Waals surface area contributed by atoms with Crippen LogP contribution in [0.3, 0.4) is 0 Å². The fraction of sp³-hybridized carbons (Fsp3) is 0.333. The van der Waals surface area contributed by atoms with E-state index < -0.39 is 0 Å². The first-order valence-corrected chi connectivity index (χ1v) is 2.43. The van der Waals surface area contributed by atoms with Crippen LogP contribution in [0.25, 0.3) is 0 Å². The second kappa shape index (κ2) is 1.82. The lowest BCUT2D eigenvalue weighted by Crippen LogP contribution is -2.11. The molecule has 0 radical (unpaired) electrons. The molecule has 1 nitrogen and oxygen atoms in total. The zero-order chi connectivity index (χ0) is 5.11. The van der Waals surface area contributed by atoms with Crippen molar-refractivity contribution in [2.45, 2.75) is 0 Å². The van der Waals surface area contributed by atoms with Crippen molar-refractivity contribution in [3.8, 4) is 0 Å². The molecule has 0 aliphatic carbocycles. The lowest BCUT2D eigenvalue weighted by molar-refractivity contribution is 0.505. The highest BCUT2D eigenvalue weighted by Crippen LogP contribution is 1.91. The van der Waals surface area contributed by atoms with Crippen molar-refractivity contribution < 1.29 is 0 Å². The standard InChI is InChI=1S/C6H9N/c1-7-5-3-2-4-6-7/h2-5H,6H2,1H3. The van der Waals surface area contributed by atoms with E-state index in [1.54, 1.807) is 0 Å². The predicted molar refractivity (Wildman–Crippen MR) is 30.9 cm³/mol. The van der Waals surface area contributed by atoms with Crippen LogP contribution in [0.1, 0.15) is 0 Å². The highest BCUT2D eigenvalue weighted by atomic mass is 15.1. The summed E-state index contributed by atoms with van der Waals surface area (Å²) in [6, 6.07) is 0. The van der Waals surface area contributed by atoms with Gasteiger partial charge in [0.2, 0.25) is 0 Å². The molecule has 0 amide bonds. The molecule has 0 aromatic carbocycles. The van der Waals surface area contributed by atoms with Gasteiger partial charge < -0.3 is 4.90 Å². The molecule has 0 saturated heterocycles. The number of allylic oxidation sites excluding steroid dienone is 2. The van der Waals surface area contributed by atoms with Crippen molar-refractivity contribution in [1.82, 2.24) is 4.90 Å². The quantitative estimate of drug-likeness (QED) is 0.434. The van der Waals surface area contributed by atoms with Gasteiger partial charge in [0.1, 0.15) is 0 Å². The molecule has 7 heavy (non-hydrogen) atoms. The highest BCUT2D eigenvalue weighted by molar-refractivity contribution is 5.07. The Morgan fingerprint density at radius 1 is 1.43 bits per heavy atom. The van der Waals surface area contributed by atoms with Gasteiger partial charge in [-0.1, -0.05) is 12.2 Å². The molecule has 0 N–H and O–H groups in total. The first kappa shape index (κ1) is 4.44. The minimum atomic E-state index is 1.05. The van der Waals surface area contributed by atoms with Crippen LogP contribution in [0.15, 0.2) is 24.4 Å². The third-order valence-corrected chi connectivity index (χ3v) is 0.981. The van der Waals surface area contributed by atoms with Crippen LogP contribution in [0.4, 0.5) is 0 Å². The second-order valence-electron chi connectivity index (χ2n) is 1.71. The fourth-order valence-electron chi connectivity index (χ4n) is 0.563. The minimum Gasteiger partial charge on any atom is -0.377 e. The SMILES string of the molecule is CN1C=CC=CC1. The summed E-state index contributed by atoms with van der Waals surface area (Å²) in [4.78, 5) is 2.12. The van der Waals surface area contributed by atoms with Crippen LogP contribution in [-0.2, 0) is 0 Å². The van der Waals surface area contributed by atoms with E-state index in [4.69, 9.17) is 0 Å². The van der Waals surface area contributed by atoms with Crippen molar-refractivity contribution in [2.75, 3.05) is 13.6 Å². The average molecular weight is 95.1 g/mol. The van der Waals surface area contributed by atoms with Crippen LogP contribution in [0.5, 0.6) is 0 Å². The van der Waals surface area contributed by atoms with E-state index in [9.17, 15) is 0 Å². The monoisotopic (exact) mass is 95.1 g/mol. The van der Waals surface area contributed by atoms with Crippen LogP contribution >= 0.6 is 0 Å². The predicted octanol–water partition coefficient (Wildman–Crippen LogP) is 1.00. The molecule has 0 unspecified atom stereocenters. The Kier molecular flexibility index (Phi) is 1.16. The Hall–Kier alpha value is -0.720. The summed E-state index contributed by atoms with van der Waals surface area (Å²) in [5, 5.41) is 0. The van der Waals surface area contributed by atoms with E-state index in [1.165, 1.54) is 0 Å². The number of likely N-dealkylation sites (N-methyl/N-ethyl adjacent to an activating group) is 1. The third kappa shape index (κ3) is 1.07. The molecule has 0 fully saturated rings. The Bertz CT molecular complexity index is 103. The van der Waals surface area contributed by atoms with E-state index in [0.717, 1.165) is 6.54 Å². The second-order valence-corrected chi connectivity index (χ2v) is 1.71. The number of hydrogen-bond acceptors (Lipinski definition) is 1. The molecule has 0 aromatic rings. The maximum atomic E-state index is 2.12. The van der Waals surface area contributed by atoms with Gasteiger partial charge in [-0.25, -0.2) is 0 Å². The van der Waals surface area contributed by atoms with Crippen LogP contribution in [-0.4, -0.2) is 18.5 Å². The van der Waals surface area contributed by atoms with E-state index in [1.807, 2.05) is 6.08 Å². The number of rotatable bonds is 0. The van der Waals surface area contributed by atoms with Crippen molar-refractivity contribution in [1.29, 1.82) is 0 Å². The van der Waals surface area contributed by atoms with Crippen LogP contribution < -0.4 is 0 Å². The van der Waals surface area contributed by atoms with Crippen molar-refractivity contribution >= 4 is 0 Å². The summed E-state index contributed by atoms with van der Waals surface area (Å²) in [6.45, 7) is 1.05. The zero-order valence-electron chi connectivity index (χ0n) is 4.46. The summed E-state index contributed by atoms with van der Waals surface area (Å²) < 4.78 is 0. The normalized spacial score (nSPS) is 18.1. The van der Waals surface area contributed by atoms with Crippen molar-refractivity contribution in [3.05, 3.63) is 24.4 Å². The lowest BCUT2D eigenvalue weighted by Gasteiger charge is -2.11. The molecular formula is C6H9N. The van der Waals surface area contributed by atoms with Gasteiger partial charge in [0, 0.05) is 13.6 Å². The van der Waals surface area contributed by atoms with Gasteiger partial charge in [-0.05, 0) is 12.3 Å². The summed E-state index contributed by atoms with van der Waals surface area (Å²) in [7, 11) is 2.06. The van der Waals surface area contributed by atoms with Gasteiger partial charge >= 0.3 is 0 Å².